The molecule has 1 amide bonds. The number of methoxy groups -OCH3 is 1. The van der Waals surface area contributed by atoms with Gasteiger partial charge in [-0.05, 0) is 23.6 Å². The number of benzene rings is 1. The van der Waals surface area contributed by atoms with E-state index >= 15 is 0 Å². The fourth-order valence-electron chi connectivity index (χ4n) is 2.58. The molecule has 0 unspecified atom stereocenters. The van der Waals surface area contributed by atoms with E-state index in [2.05, 4.69) is 25.7 Å². The van der Waals surface area contributed by atoms with E-state index in [0.717, 1.165) is 4.88 Å². The number of thioether (sulfide) groups is 1. The molecule has 30 heavy (non-hydrogen) atoms. The van der Waals surface area contributed by atoms with Crippen LogP contribution in [0.1, 0.15) is 11.7 Å². The second-order valence-corrected chi connectivity index (χ2v) is 7.86. The molecule has 0 aliphatic carbocycles. The molecule has 0 spiro atoms. The molecule has 10 nitrogen and oxygen atoms in total. The normalized spacial score (nSPS) is 10.8. The van der Waals surface area contributed by atoms with E-state index in [0.29, 0.717) is 34.1 Å². The molecule has 0 radical (unpaired) electrons. The smallest absolute Gasteiger partial charge is 0.237 e. The first-order valence-electron chi connectivity index (χ1n) is 8.75. The Morgan fingerprint density at radius 1 is 1.30 bits per heavy atom. The van der Waals surface area contributed by atoms with Gasteiger partial charge >= 0.3 is 0 Å². The molecule has 1 aromatic carbocycles. The zero-order chi connectivity index (χ0) is 20.9. The second kappa shape index (κ2) is 8.97. The highest BCUT2D eigenvalue weighted by atomic mass is 32.2. The molecule has 0 atom stereocenters. The number of nitrogens with zero attached hydrogens (tertiary/aromatic N) is 5. The predicted octanol–water partition coefficient (Wildman–Crippen LogP) is 2.59. The van der Waals surface area contributed by atoms with Crippen molar-refractivity contribution < 1.29 is 14.1 Å². The van der Waals surface area contributed by atoms with Crippen LogP contribution in [0.2, 0.25) is 0 Å². The van der Waals surface area contributed by atoms with Crippen molar-refractivity contribution in [3.8, 4) is 16.5 Å². The van der Waals surface area contributed by atoms with Gasteiger partial charge in [0, 0.05) is 0 Å². The number of hydrogen-bond donors (Lipinski definition) is 2. The van der Waals surface area contributed by atoms with Gasteiger partial charge in [0.15, 0.2) is 11.6 Å². The lowest BCUT2D eigenvalue weighted by molar-refractivity contribution is -0.115. The molecule has 0 saturated carbocycles. The van der Waals surface area contributed by atoms with Crippen molar-refractivity contribution >= 4 is 34.7 Å². The van der Waals surface area contributed by atoms with E-state index in [9.17, 15) is 4.79 Å². The molecule has 3 heterocycles. The molecular formula is C18H17N7O3S2. The summed E-state index contributed by atoms with van der Waals surface area (Å²) < 4.78 is 11.9. The highest BCUT2D eigenvalue weighted by Crippen LogP contribution is 2.26. The van der Waals surface area contributed by atoms with Crippen LogP contribution in [0, 0.1) is 0 Å². The fourth-order valence-corrected chi connectivity index (χ4v) is 3.98. The fraction of sp³-hybridized carbons (Fsp3) is 0.167. The number of nitrogens with one attached hydrogen (secondary N) is 1. The Labute approximate surface area is 179 Å². The number of carbonyl (C=O) groups excluding carboxylic acids is 1. The summed E-state index contributed by atoms with van der Waals surface area (Å²) in [6, 6.07) is 11.0. The summed E-state index contributed by atoms with van der Waals surface area (Å²) in [4.78, 5) is 17.4. The number of hydrogen-bond acceptors (Lipinski definition) is 10. The molecule has 12 heteroatoms. The molecule has 0 saturated heterocycles. The summed E-state index contributed by atoms with van der Waals surface area (Å²) in [5.74, 6) is 7.95. The van der Waals surface area contributed by atoms with Gasteiger partial charge in [-0.15, -0.1) is 21.5 Å². The third-order valence-corrected chi connectivity index (χ3v) is 5.73. The topological polar surface area (TPSA) is 134 Å². The largest absolute Gasteiger partial charge is 0.495 e. The Balaban J connectivity index is 1.34. The van der Waals surface area contributed by atoms with Crippen LogP contribution in [-0.2, 0) is 17.0 Å². The van der Waals surface area contributed by atoms with Gasteiger partial charge in [-0.3, -0.25) is 4.79 Å². The van der Waals surface area contributed by atoms with Crippen LogP contribution in [-0.4, -0.2) is 38.0 Å². The van der Waals surface area contributed by atoms with E-state index < -0.39 is 0 Å². The lowest BCUT2D eigenvalue weighted by Crippen LogP contribution is -2.15. The zero-order valence-corrected chi connectivity index (χ0v) is 17.4. The minimum Gasteiger partial charge on any atom is -0.495 e. The Kier molecular flexibility index (Phi) is 5.95. The van der Waals surface area contributed by atoms with Crippen molar-refractivity contribution in [2.75, 3.05) is 18.3 Å². The highest BCUT2D eigenvalue weighted by molar-refractivity contribution is 7.98. The minimum absolute atomic E-state index is 0.0260. The minimum atomic E-state index is -0.276. The summed E-state index contributed by atoms with van der Waals surface area (Å²) in [6.45, 7) is 0. The number of amides is 1. The molecule has 154 valence electrons. The van der Waals surface area contributed by atoms with Crippen LogP contribution in [0.5, 0.6) is 5.75 Å². The van der Waals surface area contributed by atoms with Gasteiger partial charge in [0.2, 0.25) is 17.0 Å². The molecule has 4 aromatic rings. The summed E-state index contributed by atoms with van der Waals surface area (Å²) in [5.41, 5.74) is 0.577. The van der Waals surface area contributed by atoms with Crippen LogP contribution in [0.15, 0.2) is 51.5 Å². The lowest BCUT2D eigenvalue weighted by Gasteiger charge is -2.08. The SMILES string of the molecule is COc1ccccc1NC(=O)Cc1noc(CSc2nnc(-c3cccs3)n2N)n1. The first kappa shape index (κ1) is 19.9. The molecule has 4 rings (SSSR count). The number of ether oxygens (including phenoxy) is 1. The standard InChI is InChI=1S/C18H17N7O3S2/c1-27-12-6-3-2-5-11(12)20-15(26)9-14-21-16(28-24-14)10-30-18-23-22-17(25(18)19)13-7-4-8-29-13/h2-8H,9-10,19H2,1H3,(H,20,26). The molecular weight excluding hydrogens is 426 g/mol. The number of nitrogen functional groups attached to an aromatic ring is 1. The number of aromatic nitrogens is 5. The van der Waals surface area contributed by atoms with Crippen LogP contribution in [0.25, 0.3) is 10.7 Å². The number of anilines is 1. The lowest BCUT2D eigenvalue weighted by atomic mass is 10.2. The quantitative estimate of drug-likeness (QED) is 0.311. The molecule has 3 aromatic heterocycles. The number of carbonyl (C=O) groups is 1. The Morgan fingerprint density at radius 3 is 2.97 bits per heavy atom. The third-order valence-electron chi connectivity index (χ3n) is 3.94. The molecule has 0 bridgehead atoms. The van der Waals surface area contributed by atoms with Crippen molar-refractivity contribution in [3.05, 3.63) is 53.5 Å². The summed E-state index contributed by atoms with van der Waals surface area (Å²) >= 11 is 2.84. The van der Waals surface area contributed by atoms with Crippen molar-refractivity contribution in [1.82, 2.24) is 25.0 Å². The number of nitrogens with two attached hydrogens (primary N) is 1. The number of para-hydroxylation sites is 2. The summed E-state index contributed by atoms with van der Waals surface area (Å²) in [7, 11) is 1.54. The van der Waals surface area contributed by atoms with E-state index in [-0.39, 0.29) is 18.2 Å². The first-order valence-corrected chi connectivity index (χ1v) is 10.6. The molecule has 0 aliphatic heterocycles. The molecule has 0 fully saturated rings. The van der Waals surface area contributed by atoms with Gasteiger partial charge in [0.1, 0.15) is 5.75 Å². The van der Waals surface area contributed by atoms with E-state index in [4.69, 9.17) is 15.1 Å². The second-order valence-electron chi connectivity index (χ2n) is 5.97. The molecule has 3 N–H and O–H groups in total. The average molecular weight is 444 g/mol. The highest BCUT2D eigenvalue weighted by Gasteiger charge is 2.16. The monoisotopic (exact) mass is 443 g/mol. The zero-order valence-electron chi connectivity index (χ0n) is 15.8. The van der Waals surface area contributed by atoms with Crippen LogP contribution in [0.3, 0.4) is 0 Å². The van der Waals surface area contributed by atoms with Crippen molar-refractivity contribution in [3.63, 3.8) is 0 Å². The van der Waals surface area contributed by atoms with Gasteiger partial charge in [0.25, 0.3) is 0 Å². The predicted molar refractivity (Wildman–Crippen MR) is 113 cm³/mol. The van der Waals surface area contributed by atoms with E-state index in [1.54, 1.807) is 19.2 Å². The first-order chi connectivity index (χ1) is 14.6. The molecule has 0 aliphatic rings. The maximum atomic E-state index is 12.3. The van der Waals surface area contributed by atoms with E-state index in [1.807, 2.05) is 29.6 Å². The number of thiophene rings is 1. The Morgan fingerprint density at radius 2 is 2.17 bits per heavy atom. The van der Waals surface area contributed by atoms with Crippen LogP contribution >= 0.6 is 23.1 Å². The number of rotatable bonds is 8. The maximum Gasteiger partial charge on any atom is 0.237 e. The van der Waals surface area contributed by atoms with Crippen LogP contribution < -0.4 is 15.9 Å². The van der Waals surface area contributed by atoms with Gasteiger partial charge < -0.3 is 20.4 Å². The average Bonchev–Trinajstić information content (AvgIpc) is 3.49. The maximum absolute atomic E-state index is 12.3. The van der Waals surface area contributed by atoms with Crippen molar-refractivity contribution in [2.45, 2.75) is 17.3 Å². The Bertz CT molecular complexity index is 1140. The van der Waals surface area contributed by atoms with E-state index in [1.165, 1.54) is 27.8 Å². The van der Waals surface area contributed by atoms with Gasteiger partial charge in [0.05, 0.1) is 29.8 Å². The summed E-state index contributed by atoms with van der Waals surface area (Å²) in [5, 5.41) is 17.3. The van der Waals surface area contributed by atoms with Gasteiger partial charge in [-0.25, -0.2) is 4.68 Å². The van der Waals surface area contributed by atoms with Crippen molar-refractivity contribution in [2.24, 2.45) is 0 Å². The van der Waals surface area contributed by atoms with Gasteiger partial charge in [-0.1, -0.05) is 35.1 Å². The van der Waals surface area contributed by atoms with Gasteiger partial charge in [-0.2, -0.15) is 4.98 Å². The Hall–Kier alpha value is -3.38. The van der Waals surface area contributed by atoms with Crippen molar-refractivity contribution in [1.29, 1.82) is 0 Å². The van der Waals surface area contributed by atoms with Crippen LogP contribution in [0.4, 0.5) is 5.69 Å². The third kappa shape index (κ3) is 4.44. The summed E-state index contributed by atoms with van der Waals surface area (Å²) in [6.07, 6.45) is -0.0260.